The molecule has 194 valence electrons. The van der Waals surface area contributed by atoms with Gasteiger partial charge >= 0.3 is 5.97 Å². The predicted molar refractivity (Wildman–Crippen MR) is 143 cm³/mol. The van der Waals surface area contributed by atoms with Gasteiger partial charge in [-0.1, -0.05) is 54.1 Å². The molecule has 8 N–H and O–H groups in total. The van der Waals surface area contributed by atoms with Gasteiger partial charge in [-0.2, -0.15) is 5.10 Å². The number of aromatic amines is 1. The third-order valence-electron chi connectivity index (χ3n) is 5.89. The number of carbonyl (C=O) groups excluding carboxylic acids is 2. The first-order valence-electron chi connectivity index (χ1n) is 11.4. The molecule has 1 heterocycles. The number of benzene rings is 3. The van der Waals surface area contributed by atoms with Crippen LogP contribution in [0.4, 0.5) is 5.69 Å². The Kier molecular flexibility index (Phi) is 10.3. The van der Waals surface area contributed by atoms with Crippen LogP contribution in [0.3, 0.4) is 0 Å². The summed E-state index contributed by atoms with van der Waals surface area (Å²) in [6.07, 6.45) is 3.55. The first-order valence-corrected chi connectivity index (χ1v) is 11.4. The topological polar surface area (TPSA) is 173 Å². The van der Waals surface area contributed by atoms with Crippen molar-refractivity contribution in [3.63, 3.8) is 0 Å². The number of aromatic nitrogens is 2. The third-order valence-corrected chi connectivity index (χ3v) is 5.89. The number of nitrogens with zero attached hydrogens (tertiary/aromatic N) is 1. The summed E-state index contributed by atoms with van der Waals surface area (Å²) in [5.41, 5.74) is 12.8. The number of hydrogen-bond acceptors (Lipinski definition) is 5. The fourth-order valence-corrected chi connectivity index (χ4v) is 3.89. The van der Waals surface area contributed by atoms with Crippen LogP contribution < -0.4 is 11.1 Å². The van der Waals surface area contributed by atoms with Crippen LogP contribution in [0.2, 0.25) is 0 Å². The van der Waals surface area contributed by atoms with Gasteiger partial charge in [0.1, 0.15) is 6.61 Å². The van der Waals surface area contributed by atoms with Gasteiger partial charge in [-0.3, -0.25) is 9.89 Å². The van der Waals surface area contributed by atoms with E-state index in [0.717, 1.165) is 33.4 Å². The van der Waals surface area contributed by atoms with E-state index >= 15 is 0 Å². The highest BCUT2D eigenvalue weighted by Gasteiger charge is 2.19. The van der Waals surface area contributed by atoms with Crippen LogP contribution in [-0.4, -0.2) is 39.6 Å². The molecule has 37 heavy (non-hydrogen) atoms. The molecule has 0 aliphatic rings. The normalized spacial score (nSPS) is 11.0. The first-order chi connectivity index (χ1) is 16.9. The average Bonchev–Trinajstić information content (AvgIpc) is 3.39. The van der Waals surface area contributed by atoms with Gasteiger partial charge in [-0.05, 0) is 54.3 Å². The minimum Gasteiger partial charge on any atom is -0.457 e. The molecular weight excluding hydrogens is 472 g/mol. The lowest BCUT2D eigenvalue weighted by molar-refractivity contribution is -0.117. The lowest BCUT2D eigenvalue weighted by Crippen LogP contribution is -2.27. The van der Waals surface area contributed by atoms with Crippen molar-refractivity contribution in [1.29, 1.82) is 0 Å². The summed E-state index contributed by atoms with van der Waals surface area (Å²) >= 11 is 0. The largest absolute Gasteiger partial charge is 0.457 e. The fourth-order valence-electron chi connectivity index (χ4n) is 3.89. The van der Waals surface area contributed by atoms with Gasteiger partial charge in [0.15, 0.2) is 0 Å². The van der Waals surface area contributed by atoms with Crippen LogP contribution in [0.5, 0.6) is 0 Å². The molecule has 0 aliphatic carbocycles. The van der Waals surface area contributed by atoms with Crippen molar-refractivity contribution in [3.05, 3.63) is 107 Å². The van der Waals surface area contributed by atoms with Crippen molar-refractivity contribution >= 4 is 17.6 Å². The van der Waals surface area contributed by atoms with Crippen LogP contribution in [0.15, 0.2) is 79.1 Å². The number of rotatable bonds is 8. The average molecular weight is 505 g/mol. The van der Waals surface area contributed by atoms with E-state index in [1.54, 1.807) is 12.3 Å². The lowest BCUT2D eigenvalue weighted by atomic mass is 9.97. The highest BCUT2D eigenvalue weighted by molar-refractivity contribution is 5.96. The summed E-state index contributed by atoms with van der Waals surface area (Å²) in [4.78, 5) is 25.3. The van der Waals surface area contributed by atoms with Gasteiger partial charge in [0.25, 0.3) is 0 Å². The Hall–Kier alpha value is -4.31. The summed E-state index contributed by atoms with van der Waals surface area (Å²) < 4.78 is 5.48. The molecule has 0 fully saturated rings. The van der Waals surface area contributed by atoms with Crippen molar-refractivity contribution in [2.45, 2.75) is 26.4 Å². The molecule has 1 unspecified atom stereocenters. The second kappa shape index (κ2) is 13.1. The number of aryl methyl sites for hydroxylation is 2. The Morgan fingerprint density at radius 2 is 1.68 bits per heavy atom. The molecule has 0 saturated heterocycles. The summed E-state index contributed by atoms with van der Waals surface area (Å²) in [5.74, 6) is -1.04. The quantitative estimate of drug-likeness (QED) is 0.312. The van der Waals surface area contributed by atoms with Crippen LogP contribution in [0.1, 0.15) is 38.5 Å². The van der Waals surface area contributed by atoms with E-state index in [1.807, 2.05) is 80.7 Å². The predicted octanol–water partition coefficient (Wildman–Crippen LogP) is 3.08. The number of hydrogen-bond donors (Lipinski definition) is 3. The minimum atomic E-state index is -0.504. The van der Waals surface area contributed by atoms with Crippen LogP contribution in [0.25, 0.3) is 11.1 Å². The van der Waals surface area contributed by atoms with E-state index in [1.165, 1.54) is 0 Å². The van der Waals surface area contributed by atoms with Crippen molar-refractivity contribution in [2.24, 2.45) is 5.73 Å². The molecule has 9 heteroatoms. The van der Waals surface area contributed by atoms with Gasteiger partial charge in [0.05, 0.1) is 17.7 Å². The molecule has 3 aromatic carbocycles. The van der Waals surface area contributed by atoms with Crippen LogP contribution >= 0.6 is 0 Å². The number of nitrogens with two attached hydrogens (primary N) is 1. The highest BCUT2D eigenvalue weighted by Crippen LogP contribution is 2.22. The van der Waals surface area contributed by atoms with E-state index in [9.17, 15) is 9.59 Å². The molecule has 0 bridgehead atoms. The Labute approximate surface area is 215 Å². The Morgan fingerprint density at radius 3 is 2.27 bits per heavy atom. The van der Waals surface area contributed by atoms with Crippen molar-refractivity contribution in [3.8, 4) is 11.1 Å². The summed E-state index contributed by atoms with van der Waals surface area (Å²) in [6.45, 7) is 4.19. The van der Waals surface area contributed by atoms with E-state index in [0.29, 0.717) is 11.3 Å². The smallest absolute Gasteiger partial charge is 0.338 e. The SMILES string of the molecule is Cc1ccc(C(=O)OCc2ccc(C(CN)C(=O)Nc3ccc(-c4cn[nH]c4)cc3)cc2)c(C)c1.O.O. The molecule has 4 rings (SSSR count). The summed E-state index contributed by atoms with van der Waals surface area (Å²) in [6, 6.07) is 20.6. The Balaban J connectivity index is 0.00000241. The lowest BCUT2D eigenvalue weighted by Gasteiger charge is -2.16. The standard InChI is InChI=1S/C28H28N4O3.2H2O/c1-18-3-12-25(19(2)13-18)28(34)35-17-20-4-6-22(7-5-20)26(14-29)27(33)32-24-10-8-21(9-11-24)23-15-30-31-16-23;;/h3-13,15-16,26H,14,17,29H2,1-2H3,(H,30,31)(H,32,33);2*1H2. The van der Waals surface area contributed by atoms with Crippen molar-refractivity contribution in [1.82, 2.24) is 10.2 Å². The number of anilines is 1. The fraction of sp³-hybridized carbons (Fsp3) is 0.179. The van der Waals surface area contributed by atoms with Gasteiger partial charge < -0.3 is 26.7 Å². The summed E-state index contributed by atoms with van der Waals surface area (Å²) in [7, 11) is 0. The molecule has 1 amide bonds. The Morgan fingerprint density at radius 1 is 0.973 bits per heavy atom. The van der Waals surface area contributed by atoms with E-state index < -0.39 is 5.92 Å². The van der Waals surface area contributed by atoms with E-state index in [2.05, 4.69) is 15.5 Å². The zero-order valence-electron chi connectivity index (χ0n) is 20.7. The monoisotopic (exact) mass is 504 g/mol. The second-order valence-electron chi connectivity index (χ2n) is 8.48. The number of esters is 1. The van der Waals surface area contributed by atoms with Crippen LogP contribution in [0, 0.1) is 13.8 Å². The first kappa shape index (κ1) is 28.9. The molecule has 9 nitrogen and oxygen atoms in total. The third kappa shape index (κ3) is 7.11. The second-order valence-corrected chi connectivity index (χ2v) is 8.48. The number of H-pyrrole nitrogens is 1. The molecule has 0 aliphatic heterocycles. The number of carbonyl (C=O) groups is 2. The maximum Gasteiger partial charge on any atom is 0.338 e. The summed E-state index contributed by atoms with van der Waals surface area (Å²) in [5, 5.41) is 9.67. The van der Waals surface area contributed by atoms with Crippen LogP contribution in [-0.2, 0) is 16.1 Å². The Bertz CT molecular complexity index is 1300. The number of nitrogens with one attached hydrogen (secondary N) is 2. The molecule has 0 spiro atoms. The molecule has 0 saturated carbocycles. The maximum atomic E-state index is 12.9. The number of amides is 1. The zero-order valence-corrected chi connectivity index (χ0v) is 20.7. The molecule has 0 radical (unpaired) electrons. The zero-order chi connectivity index (χ0) is 24.8. The van der Waals surface area contributed by atoms with Crippen molar-refractivity contribution < 1.29 is 25.3 Å². The maximum absolute atomic E-state index is 12.9. The molecule has 4 aromatic rings. The molecule has 1 aromatic heterocycles. The van der Waals surface area contributed by atoms with Gasteiger partial charge in [0, 0.05) is 24.0 Å². The van der Waals surface area contributed by atoms with Gasteiger partial charge in [-0.25, -0.2) is 4.79 Å². The van der Waals surface area contributed by atoms with Crippen molar-refractivity contribution in [2.75, 3.05) is 11.9 Å². The van der Waals surface area contributed by atoms with Gasteiger partial charge in [-0.15, -0.1) is 0 Å². The van der Waals surface area contributed by atoms with E-state index in [-0.39, 0.29) is 36.0 Å². The molecule has 1 atom stereocenters. The van der Waals surface area contributed by atoms with E-state index in [4.69, 9.17) is 10.5 Å². The molecular formula is C28H32N4O5. The highest BCUT2D eigenvalue weighted by atomic mass is 16.5. The van der Waals surface area contributed by atoms with Gasteiger partial charge in [0.2, 0.25) is 5.91 Å². The minimum absolute atomic E-state index is 0. The number of ether oxygens (including phenoxy) is 1.